The first-order valence-corrected chi connectivity index (χ1v) is 4.99. The highest BCUT2D eigenvalue weighted by atomic mass is 31.1. The maximum atomic E-state index is 10.9. The van der Waals surface area contributed by atoms with Crippen LogP contribution >= 0.6 is 8.25 Å². The lowest BCUT2D eigenvalue weighted by molar-refractivity contribution is 0.297. The molecule has 0 fully saturated rings. The molecule has 3 N–H and O–H groups in total. The Labute approximate surface area is 80.7 Å². The average molecular weight is 211 g/mol. The first kappa shape index (κ1) is 9.15. The number of hydrogen-bond acceptors (Lipinski definition) is 4. The molecule has 72 valence electrons. The summed E-state index contributed by atoms with van der Waals surface area (Å²) in [5.74, 6) is 5.18. The normalized spacial score (nSPS) is 11.6. The summed E-state index contributed by atoms with van der Waals surface area (Å²) in [4.78, 5) is 2.97. The van der Waals surface area contributed by atoms with Crippen molar-refractivity contribution in [1.82, 2.24) is 4.98 Å². The van der Waals surface area contributed by atoms with Crippen LogP contribution in [-0.2, 0) is 9.19 Å². The highest BCUT2D eigenvalue weighted by Crippen LogP contribution is 2.32. The van der Waals surface area contributed by atoms with Crippen LogP contribution in [0.2, 0.25) is 0 Å². The van der Waals surface area contributed by atoms with E-state index in [9.17, 15) is 4.57 Å². The fourth-order valence-electron chi connectivity index (χ4n) is 1.22. The second kappa shape index (κ2) is 3.75. The van der Waals surface area contributed by atoms with E-state index >= 15 is 0 Å². The van der Waals surface area contributed by atoms with Gasteiger partial charge in [-0.3, -0.25) is 0 Å². The van der Waals surface area contributed by atoms with Crippen LogP contribution in [0.5, 0.6) is 5.75 Å². The van der Waals surface area contributed by atoms with Gasteiger partial charge in [-0.05, 0) is 16.8 Å². The fourth-order valence-corrected chi connectivity index (χ4v) is 1.58. The predicted octanol–water partition coefficient (Wildman–Crippen LogP) is 2.09. The molecule has 6 heteroatoms. The molecule has 1 heterocycles. The maximum Gasteiger partial charge on any atom is 0.769 e. The molecule has 0 saturated carbocycles. The number of rotatable bonds is 3. The smallest absolute Gasteiger partial charge is 0.358 e. The lowest BCUT2D eigenvalue weighted by Gasteiger charge is -1.88. The third kappa shape index (κ3) is 1.61. The topological polar surface area (TPSA) is 77.3 Å². The van der Waals surface area contributed by atoms with E-state index in [0.29, 0.717) is 5.75 Å². The lowest BCUT2D eigenvalue weighted by atomic mass is 10.2. The number of nitrogens with two attached hydrogens (primary N) is 1. The van der Waals surface area contributed by atoms with Crippen molar-refractivity contribution >= 4 is 19.2 Å². The first-order valence-electron chi connectivity index (χ1n) is 3.89. The van der Waals surface area contributed by atoms with Gasteiger partial charge < -0.3 is 4.98 Å². The van der Waals surface area contributed by atoms with Crippen molar-refractivity contribution in [1.29, 1.82) is 0 Å². The Bertz CT molecular complexity index is 468. The van der Waals surface area contributed by atoms with Gasteiger partial charge in [0.05, 0.1) is 6.20 Å². The minimum atomic E-state index is -2.29. The zero-order valence-electron chi connectivity index (χ0n) is 7.14. The van der Waals surface area contributed by atoms with Crippen LogP contribution < -0.4 is 10.4 Å². The summed E-state index contributed by atoms with van der Waals surface area (Å²) < 4.78 is 19.9. The molecule has 1 unspecified atom stereocenters. The third-order valence-corrected chi connectivity index (χ3v) is 2.33. The predicted molar refractivity (Wildman–Crippen MR) is 51.8 cm³/mol. The van der Waals surface area contributed by atoms with Gasteiger partial charge in [-0.1, -0.05) is 12.1 Å². The summed E-state index contributed by atoms with van der Waals surface area (Å²) >= 11 is 0. The molecule has 5 nitrogen and oxygen atoms in total. The number of nitrogens with one attached hydrogen (secondary N) is 1. The van der Waals surface area contributed by atoms with E-state index in [-0.39, 0.29) is 0 Å². The van der Waals surface area contributed by atoms with Gasteiger partial charge in [-0.15, -0.1) is 0 Å². The molecule has 0 aliphatic rings. The molecule has 0 saturated heterocycles. The Morgan fingerprint density at radius 2 is 2.14 bits per heavy atom. The second-order valence-electron chi connectivity index (χ2n) is 2.62. The summed E-state index contributed by atoms with van der Waals surface area (Å²) in [6.45, 7) is 0. The number of benzene rings is 1. The van der Waals surface area contributed by atoms with Gasteiger partial charge in [-0.2, -0.15) is 5.90 Å². The number of aromatic nitrogens is 1. The van der Waals surface area contributed by atoms with Crippen molar-refractivity contribution in [2.24, 2.45) is 5.90 Å². The highest BCUT2D eigenvalue weighted by molar-refractivity contribution is 7.33. The van der Waals surface area contributed by atoms with Gasteiger partial charge in [0.2, 0.25) is 5.75 Å². The van der Waals surface area contributed by atoms with Crippen molar-refractivity contribution in [3.63, 3.8) is 0 Å². The lowest BCUT2D eigenvalue weighted by Crippen LogP contribution is -1.91. The molecule has 0 bridgehead atoms. The minimum Gasteiger partial charge on any atom is -0.358 e. The zero-order chi connectivity index (χ0) is 9.97. The number of hydrogen-bond donors (Lipinski definition) is 2. The van der Waals surface area contributed by atoms with Gasteiger partial charge in [0, 0.05) is 15.5 Å². The molecular formula is C8H8N2O3P+. The molecule has 2 aromatic rings. The maximum absolute atomic E-state index is 10.9. The molecule has 1 aromatic carbocycles. The van der Waals surface area contributed by atoms with E-state index in [1.807, 2.05) is 24.3 Å². The quantitative estimate of drug-likeness (QED) is 0.601. The van der Waals surface area contributed by atoms with Gasteiger partial charge in [-0.25, -0.2) is 4.52 Å². The number of para-hydroxylation sites is 1. The van der Waals surface area contributed by atoms with Crippen LogP contribution in [0.15, 0.2) is 30.5 Å². The van der Waals surface area contributed by atoms with Crippen LogP contribution in [0.25, 0.3) is 10.9 Å². The molecule has 0 aliphatic heterocycles. The summed E-state index contributed by atoms with van der Waals surface area (Å²) in [6.07, 6.45) is 1.61. The van der Waals surface area contributed by atoms with Crippen molar-refractivity contribution in [2.75, 3.05) is 0 Å². The van der Waals surface area contributed by atoms with E-state index in [1.54, 1.807) is 6.20 Å². The summed E-state index contributed by atoms with van der Waals surface area (Å²) in [6, 6.07) is 7.49. The molecule has 14 heavy (non-hydrogen) atoms. The van der Waals surface area contributed by atoms with Gasteiger partial charge >= 0.3 is 8.25 Å². The van der Waals surface area contributed by atoms with Crippen LogP contribution in [0.1, 0.15) is 0 Å². The van der Waals surface area contributed by atoms with E-state index in [0.717, 1.165) is 10.9 Å². The average Bonchev–Trinajstić information content (AvgIpc) is 2.62. The molecule has 2 rings (SSSR count). The van der Waals surface area contributed by atoms with Gasteiger partial charge in [0.15, 0.2) is 0 Å². The van der Waals surface area contributed by atoms with E-state index in [1.165, 1.54) is 0 Å². The molecular weight excluding hydrogens is 203 g/mol. The third-order valence-electron chi connectivity index (χ3n) is 1.81. The first-order chi connectivity index (χ1) is 6.81. The van der Waals surface area contributed by atoms with Crippen LogP contribution in [0.4, 0.5) is 0 Å². The van der Waals surface area contributed by atoms with Crippen molar-refractivity contribution in [2.45, 2.75) is 0 Å². The largest absolute Gasteiger partial charge is 0.769 e. The Hall–Kier alpha value is -1.42. The van der Waals surface area contributed by atoms with Crippen molar-refractivity contribution < 1.29 is 13.7 Å². The van der Waals surface area contributed by atoms with Crippen LogP contribution in [0, 0.1) is 0 Å². The minimum absolute atomic E-state index is 0.465. The van der Waals surface area contributed by atoms with Crippen LogP contribution in [0.3, 0.4) is 0 Å². The molecule has 0 radical (unpaired) electrons. The zero-order valence-corrected chi connectivity index (χ0v) is 8.03. The molecule has 0 spiro atoms. The van der Waals surface area contributed by atoms with Crippen LogP contribution in [-0.4, -0.2) is 4.98 Å². The van der Waals surface area contributed by atoms with Crippen molar-refractivity contribution in [3.8, 4) is 5.75 Å². The number of fused-ring (bicyclic) bond motifs is 1. The van der Waals surface area contributed by atoms with E-state index in [2.05, 4.69) is 9.61 Å². The Morgan fingerprint density at radius 3 is 2.93 bits per heavy atom. The monoisotopic (exact) mass is 211 g/mol. The summed E-state index contributed by atoms with van der Waals surface area (Å²) in [5.41, 5.74) is 0.905. The molecule has 0 aliphatic carbocycles. The Balaban J connectivity index is 2.38. The molecule has 1 aromatic heterocycles. The Morgan fingerprint density at radius 1 is 1.36 bits per heavy atom. The number of aromatic amines is 1. The summed E-state index contributed by atoms with van der Waals surface area (Å²) in [7, 11) is -2.29. The SMILES string of the molecule is NO[P+](=O)Oc1c[nH]c2ccccc12. The molecule has 0 amide bonds. The van der Waals surface area contributed by atoms with Gasteiger partial charge in [0.25, 0.3) is 0 Å². The highest BCUT2D eigenvalue weighted by Gasteiger charge is 2.22. The summed E-state index contributed by atoms with van der Waals surface area (Å²) in [5, 5.41) is 0.841. The van der Waals surface area contributed by atoms with Crippen molar-refractivity contribution in [3.05, 3.63) is 30.5 Å². The van der Waals surface area contributed by atoms with Gasteiger partial charge in [0.1, 0.15) is 0 Å². The molecule has 1 atom stereocenters. The number of H-pyrrole nitrogens is 1. The van der Waals surface area contributed by atoms with E-state index < -0.39 is 8.25 Å². The van der Waals surface area contributed by atoms with E-state index in [4.69, 9.17) is 10.4 Å². The Kier molecular flexibility index (Phi) is 2.45. The fraction of sp³-hybridized carbons (Fsp3) is 0. The second-order valence-corrected chi connectivity index (χ2v) is 3.46. The standard InChI is InChI=1S/C8H8N2O3P/c9-13-14(11)12-8-5-10-7-4-2-1-3-6(7)8/h1-5,10H,9H2/q+1.